The van der Waals surface area contributed by atoms with E-state index in [-0.39, 0.29) is 18.2 Å². The Morgan fingerprint density at radius 2 is 1.91 bits per heavy atom. The van der Waals surface area contributed by atoms with Crippen LogP contribution in [-0.4, -0.2) is 25.0 Å². The lowest BCUT2D eigenvalue weighted by atomic mass is 10.1. The normalized spacial score (nSPS) is 17.5. The molecule has 2 aromatic rings. The monoisotopic (exact) mass is 310 g/mol. The molecule has 1 fully saturated rings. The molecule has 0 aliphatic carbocycles. The lowest BCUT2D eigenvalue weighted by Crippen LogP contribution is -2.34. The number of carbonyl (C=O) groups excluding carboxylic acids is 2. The number of imide groups is 1. The van der Waals surface area contributed by atoms with E-state index in [0.717, 1.165) is 11.3 Å². The van der Waals surface area contributed by atoms with Crippen LogP contribution in [0.1, 0.15) is 12.0 Å². The number of amides is 2. The maximum Gasteiger partial charge on any atom is 0.256 e. The van der Waals surface area contributed by atoms with Crippen LogP contribution in [0.4, 0.5) is 11.4 Å². The molecule has 1 N–H and O–H groups in total. The largest absolute Gasteiger partial charge is 0.497 e. The fourth-order valence-electron chi connectivity index (χ4n) is 2.69. The molecular weight excluding hydrogens is 292 g/mol. The second-order valence-electron chi connectivity index (χ2n) is 5.48. The molecule has 5 nitrogen and oxygen atoms in total. The van der Waals surface area contributed by atoms with Crippen LogP contribution in [0.15, 0.2) is 48.5 Å². The van der Waals surface area contributed by atoms with Crippen LogP contribution in [0.25, 0.3) is 0 Å². The molecule has 0 aromatic heterocycles. The third-order valence-electron chi connectivity index (χ3n) is 3.93. The zero-order chi connectivity index (χ0) is 16.4. The van der Waals surface area contributed by atoms with Gasteiger partial charge in [-0.3, -0.25) is 9.59 Å². The molecule has 0 radical (unpaired) electrons. The van der Waals surface area contributed by atoms with Crippen molar-refractivity contribution in [2.45, 2.75) is 19.4 Å². The summed E-state index contributed by atoms with van der Waals surface area (Å²) in [4.78, 5) is 26.1. The van der Waals surface area contributed by atoms with Crippen LogP contribution in [0.3, 0.4) is 0 Å². The fourth-order valence-corrected chi connectivity index (χ4v) is 2.69. The molecular formula is C18H18N2O3. The lowest BCUT2D eigenvalue weighted by Gasteiger charge is -2.17. The number of para-hydroxylation sites is 1. The third kappa shape index (κ3) is 2.90. The van der Waals surface area contributed by atoms with E-state index in [9.17, 15) is 9.59 Å². The molecule has 1 unspecified atom stereocenters. The molecule has 5 heteroatoms. The average molecular weight is 310 g/mol. The van der Waals surface area contributed by atoms with Crippen molar-refractivity contribution >= 4 is 23.2 Å². The van der Waals surface area contributed by atoms with E-state index in [1.807, 2.05) is 31.2 Å². The quantitative estimate of drug-likeness (QED) is 0.882. The Kier molecular flexibility index (Phi) is 4.02. The minimum atomic E-state index is -0.546. The van der Waals surface area contributed by atoms with E-state index in [1.54, 1.807) is 31.4 Å². The van der Waals surface area contributed by atoms with Crippen molar-refractivity contribution in [2.75, 3.05) is 17.3 Å². The highest BCUT2D eigenvalue weighted by Crippen LogP contribution is 2.28. The number of aryl methyl sites for hydroxylation is 1. The molecule has 1 aliphatic rings. The average Bonchev–Trinajstić information content (AvgIpc) is 2.83. The van der Waals surface area contributed by atoms with Gasteiger partial charge in [-0.05, 0) is 30.7 Å². The number of benzene rings is 2. The van der Waals surface area contributed by atoms with Gasteiger partial charge in [0.2, 0.25) is 5.91 Å². The summed E-state index contributed by atoms with van der Waals surface area (Å²) < 4.78 is 5.16. The number of nitrogens with zero attached hydrogens (tertiary/aromatic N) is 1. The summed E-state index contributed by atoms with van der Waals surface area (Å²) in [5.41, 5.74) is 2.44. The number of ether oxygens (including phenoxy) is 1. The number of hydrogen-bond donors (Lipinski definition) is 1. The van der Waals surface area contributed by atoms with Crippen LogP contribution in [0.2, 0.25) is 0 Å². The Labute approximate surface area is 134 Å². The van der Waals surface area contributed by atoms with Crippen molar-refractivity contribution in [2.24, 2.45) is 0 Å². The summed E-state index contributed by atoms with van der Waals surface area (Å²) in [6.45, 7) is 1.96. The van der Waals surface area contributed by atoms with E-state index >= 15 is 0 Å². The Bertz CT molecular complexity index is 757. The van der Waals surface area contributed by atoms with Crippen LogP contribution >= 0.6 is 0 Å². The van der Waals surface area contributed by atoms with Crippen molar-refractivity contribution in [3.63, 3.8) is 0 Å². The third-order valence-corrected chi connectivity index (χ3v) is 3.93. The molecule has 23 heavy (non-hydrogen) atoms. The van der Waals surface area contributed by atoms with Gasteiger partial charge in [0.1, 0.15) is 11.8 Å². The maximum atomic E-state index is 12.6. The topological polar surface area (TPSA) is 58.6 Å². The van der Waals surface area contributed by atoms with Crippen molar-refractivity contribution < 1.29 is 14.3 Å². The molecule has 1 atom stereocenters. The highest BCUT2D eigenvalue weighted by Gasteiger charge is 2.39. The number of methoxy groups -OCH3 is 1. The molecule has 118 valence electrons. The van der Waals surface area contributed by atoms with Gasteiger partial charge in [0.15, 0.2) is 0 Å². The number of anilines is 2. The molecule has 1 saturated heterocycles. The van der Waals surface area contributed by atoms with E-state index in [1.165, 1.54) is 4.90 Å². The standard InChI is InChI=1S/C18H18N2O3/c1-12-6-3-4-9-15(12)19-16-11-17(21)20(18(16)22)13-7-5-8-14(10-13)23-2/h3-10,16,19H,11H2,1-2H3. The smallest absolute Gasteiger partial charge is 0.256 e. The second-order valence-corrected chi connectivity index (χ2v) is 5.48. The first-order valence-electron chi connectivity index (χ1n) is 7.43. The van der Waals surface area contributed by atoms with E-state index in [4.69, 9.17) is 4.74 Å². The van der Waals surface area contributed by atoms with Gasteiger partial charge in [0.25, 0.3) is 5.91 Å². The molecule has 0 saturated carbocycles. The minimum absolute atomic E-state index is 0.143. The van der Waals surface area contributed by atoms with E-state index in [2.05, 4.69) is 5.32 Å². The number of nitrogens with one attached hydrogen (secondary N) is 1. The number of carbonyl (C=O) groups is 2. The summed E-state index contributed by atoms with van der Waals surface area (Å²) in [6.07, 6.45) is 0.143. The predicted molar refractivity (Wildman–Crippen MR) is 88.7 cm³/mol. The van der Waals surface area contributed by atoms with Crippen molar-refractivity contribution in [1.82, 2.24) is 0 Å². The molecule has 1 aliphatic heterocycles. The predicted octanol–water partition coefficient (Wildman–Crippen LogP) is 2.75. The van der Waals surface area contributed by atoms with Crippen molar-refractivity contribution in [3.8, 4) is 5.75 Å². The van der Waals surface area contributed by atoms with Gasteiger partial charge in [0, 0.05) is 11.8 Å². The summed E-state index contributed by atoms with van der Waals surface area (Å²) in [6, 6.07) is 14.1. The Morgan fingerprint density at radius 1 is 1.13 bits per heavy atom. The van der Waals surface area contributed by atoms with Crippen molar-refractivity contribution in [3.05, 3.63) is 54.1 Å². The zero-order valence-electron chi connectivity index (χ0n) is 13.1. The van der Waals surface area contributed by atoms with Gasteiger partial charge in [-0.1, -0.05) is 24.3 Å². The first-order chi connectivity index (χ1) is 11.1. The first kappa shape index (κ1) is 15.1. The fraction of sp³-hybridized carbons (Fsp3) is 0.222. The number of hydrogen-bond acceptors (Lipinski definition) is 4. The highest BCUT2D eigenvalue weighted by atomic mass is 16.5. The van der Waals surface area contributed by atoms with E-state index < -0.39 is 6.04 Å². The van der Waals surface area contributed by atoms with Gasteiger partial charge < -0.3 is 10.1 Å². The van der Waals surface area contributed by atoms with Gasteiger partial charge >= 0.3 is 0 Å². The van der Waals surface area contributed by atoms with Gasteiger partial charge in [-0.2, -0.15) is 0 Å². The minimum Gasteiger partial charge on any atom is -0.497 e. The molecule has 0 bridgehead atoms. The van der Waals surface area contributed by atoms with E-state index in [0.29, 0.717) is 11.4 Å². The highest BCUT2D eigenvalue weighted by molar-refractivity contribution is 6.23. The molecule has 3 rings (SSSR count). The lowest BCUT2D eigenvalue weighted by molar-refractivity contribution is -0.121. The molecule has 0 spiro atoms. The summed E-state index contributed by atoms with van der Waals surface area (Å²) >= 11 is 0. The molecule has 2 aromatic carbocycles. The second kappa shape index (κ2) is 6.12. The van der Waals surface area contributed by atoms with Gasteiger partial charge in [0.05, 0.1) is 19.2 Å². The van der Waals surface area contributed by atoms with Crippen LogP contribution in [-0.2, 0) is 9.59 Å². The summed E-state index contributed by atoms with van der Waals surface area (Å²) in [7, 11) is 1.55. The maximum absolute atomic E-state index is 12.6. The SMILES string of the molecule is COc1cccc(N2C(=O)CC(Nc3ccccc3C)C2=O)c1. The first-order valence-corrected chi connectivity index (χ1v) is 7.43. The zero-order valence-corrected chi connectivity index (χ0v) is 13.1. The van der Waals surface area contributed by atoms with Crippen LogP contribution in [0.5, 0.6) is 5.75 Å². The number of rotatable bonds is 4. The van der Waals surface area contributed by atoms with Gasteiger partial charge in [-0.15, -0.1) is 0 Å². The summed E-state index contributed by atoms with van der Waals surface area (Å²) in [5.74, 6) is 0.152. The Morgan fingerprint density at radius 3 is 2.65 bits per heavy atom. The summed E-state index contributed by atoms with van der Waals surface area (Å²) in [5, 5.41) is 3.17. The molecule has 1 heterocycles. The van der Waals surface area contributed by atoms with Crippen LogP contribution in [0, 0.1) is 6.92 Å². The molecule has 2 amide bonds. The van der Waals surface area contributed by atoms with Crippen LogP contribution < -0.4 is 15.0 Å². The Hall–Kier alpha value is -2.82. The van der Waals surface area contributed by atoms with Crippen molar-refractivity contribution in [1.29, 1.82) is 0 Å². The van der Waals surface area contributed by atoms with Gasteiger partial charge in [-0.25, -0.2) is 4.90 Å². The Balaban J connectivity index is 1.84.